The van der Waals surface area contributed by atoms with Crippen LogP contribution in [0.25, 0.3) is 0 Å². The summed E-state index contributed by atoms with van der Waals surface area (Å²) >= 11 is 0. The number of carbonyl (C=O) groups is 1. The van der Waals surface area contributed by atoms with Crippen molar-refractivity contribution in [2.75, 3.05) is 6.61 Å². The van der Waals surface area contributed by atoms with E-state index in [-0.39, 0.29) is 11.6 Å². The third-order valence-electron chi connectivity index (χ3n) is 3.10. The summed E-state index contributed by atoms with van der Waals surface area (Å²) in [6, 6.07) is 9.14. The van der Waals surface area contributed by atoms with Gasteiger partial charge in [-0.15, -0.1) is 0 Å². The molecule has 96 valence electrons. The minimum Gasteiger partial charge on any atom is -0.492 e. The van der Waals surface area contributed by atoms with Crippen LogP contribution < -0.4 is 4.74 Å². The van der Waals surface area contributed by atoms with Gasteiger partial charge in [-0.3, -0.25) is 0 Å². The molecule has 1 unspecified atom stereocenters. The van der Waals surface area contributed by atoms with Crippen LogP contribution >= 0.6 is 0 Å². The van der Waals surface area contributed by atoms with Crippen LogP contribution in [0.3, 0.4) is 0 Å². The molecule has 1 N–H and O–H groups in total. The van der Waals surface area contributed by atoms with Crippen LogP contribution in [0.15, 0.2) is 30.3 Å². The Bertz CT molecular complexity index is 655. The van der Waals surface area contributed by atoms with Crippen molar-refractivity contribution in [1.82, 2.24) is 9.97 Å². The van der Waals surface area contributed by atoms with Crippen LogP contribution in [0.1, 0.15) is 33.5 Å². The second kappa shape index (κ2) is 4.35. The third kappa shape index (κ3) is 2.03. The van der Waals surface area contributed by atoms with Gasteiger partial charge in [-0.1, -0.05) is 18.2 Å². The molecule has 19 heavy (non-hydrogen) atoms. The average molecular weight is 256 g/mol. The van der Waals surface area contributed by atoms with Gasteiger partial charge in [0.2, 0.25) is 0 Å². The lowest BCUT2D eigenvalue weighted by Crippen LogP contribution is -2.12. The molecule has 1 atom stereocenters. The lowest BCUT2D eigenvalue weighted by atomic mass is 10.0. The van der Waals surface area contributed by atoms with Crippen LogP contribution in [0.2, 0.25) is 0 Å². The molecule has 1 aliphatic heterocycles. The molecule has 2 heterocycles. The van der Waals surface area contributed by atoms with Crippen molar-refractivity contribution in [3.63, 3.8) is 0 Å². The van der Waals surface area contributed by atoms with E-state index in [4.69, 9.17) is 9.84 Å². The van der Waals surface area contributed by atoms with Gasteiger partial charge in [0.1, 0.15) is 18.2 Å². The minimum absolute atomic E-state index is 0.0203. The summed E-state index contributed by atoms with van der Waals surface area (Å²) in [4.78, 5) is 19.5. The molecule has 1 aromatic carbocycles. The number of ether oxygens (including phenoxy) is 1. The van der Waals surface area contributed by atoms with Crippen molar-refractivity contribution in [1.29, 1.82) is 0 Å². The highest BCUT2D eigenvalue weighted by Crippen LogP contribution is 2.36. The first-order valence-corrected chi connectivity index (χ1v) is 5.96. The van der Waals surface area contributed by atoms with E-state index in [9.17, 15) is 4.79 Å². The smallest absolute Gasteiger partial charge is 0.354 e. The highest BCUT2D eigenvalue weighted by atomic mass is 16.5. The number of para-hydroxylation sites is 1. The van der Waals surface area contributed by atoms with Gasteiger partial charge in [0.05, 0.1) is 5.92 Å². The summed E-state index contributed by atoms with van der Waals surface area (Å²) in [6.07, 6.45) is 0. The second-order valence-corrected chi connectivity index (χ2v) is 4.46. The maximum absolute atomic E-state index is 11.0. The zero-order chi connectivity index (χ0) is 13.4. The number of rotatable bonds is 2. The standard InChI is InChI=1S/C14H12N2O3/c1-8-6-11(14(17)18)16-13(15-8)10-7-19-12-5-3-2-4-9(10)12/h2-6,10H,7H2,1H3,(H,17,18). The van der Waals surface area contributed by atoms with Gasteiger partial charge in [0, 0.05) is 11.3 Å². The van der Waals surface area contributed by atoms with Gasteiger partial charge in [-0.2, -0.15) is 0 Å². The first-order valence-electron chi connectivity index (χ1n) is 5.96. The zero-order valence-electron chi connectivity index (χ0n) is 10.3. The summed E-state index contributed by atoms with van der Waals surface area (Å²) in [6.45, 7) is 2.21. The second-order valence-electron chi connectivity index (χ2n) is 4.46. The highest BCUT2D eigenvalue weighted by Gasteiger charge is 2.28. The van der Waals surface area contributed by atoms with E-state index >= 15 is 0 Å². The van der Waals surface area contributed by atoms with E-state index in [0.29, 0.717) is 18.1 Å². The van der Waals surface area contributed by atoms with Crippen molar-refractivity contribution in [2.45, 2.75) is 12.8 Å². The van der Waals surface area contributed by atoms with Crippen LogP contribution in [0, 0.1) is 6.92 Å². The van der Waals surface area contributed by atoms with Crippen molar-refractivity contribution >= 4 is 5.97 Å². The summed E-state index contributed by atoms with van der Waals surface area (Å²) in [5, 5.41) is 9.05. The minimum atomic E-state index is -1.04. The Balaban J connectivity index is 2.07. The lowest BCUT2D eigenvalue weighted by Gasteiger charge is -2.09. The molecule has 0 amide bonds. The van der Waals surface area contributed by atoms with Crippen LogP contribution in [-0.2, 0) is 0 Å². The number of nitrogens with zero attached hydrogens (tertiary/aromatic N) is 2. The molecular weight excluding hydrogens is 244 g/mol. The predicted octanol–water partition coefficient (Wildman–Crippen LogP) is 2.01. The fourth-order valence-electron chi connectivity index (χ4n) is 2.23. The molecule has 0 spiro atoms. The van der Waals surface area contributed by atoms with E-state index in [1.807, 2.05) is 24.3 Å². The van der Waals surface area contributed by atoms with Gasteiger partial charge >= 0.3 is 5.97 Å². The van der Waals surface area contributed by atoms with E-state index < -0.39 is 5.97 Å². The number of aromatic carboxylic acids is 1. The van der Waals surface area contributed by atoms with E-state index in [1.165, 1.54) is 6.07 Å². The first-order chi connectivity index (χ1) is 9.15. The fourth-order valence-corrected chi connectivity index (χ4v) is 2.23. The molecule has 0 saturated carbocycles. The summed E-state index contributed by atoms with van der Waals surface area (Å²) in [7, 11) is 0. The van der Waals surface area contributed by atoms with Gasteiger partial charge in [0.25, 0.3) is 0 Å². The molecule has 5 heteroatoms. The Morgan fingerprint density at radius 2 is 2.16 bits per heavy atom. The quantitative estimate of drug-likeness (QED) is 0.889. The Morgan fingerprint density at radius 3 is 2.95 bits per heavy atom. The Kier molecular flexibility index (Phi) is 2.67. The normalized spacial score (nSPS) is 16.8. The van der Waals surface area contributed by atoms with E-state index in [2.05, 4.69) is 9.97 Å². The number of hydrogen-bond acceptors (Lipinski definition) is 4. The van der Waals surface area contributed by atoms with Crippen molar-refractivity contribution in [3.8, 4) is 5.75 Å². The maximum Gasteiger partial charge on any atom is 0.354 e. The summed E-state index contributed by atoms with van der Waals surface area (Å²) < 4.78 is 5.58. The lowest BCUT2D eigenvalue weighted by molar-refractivity contribution is 0.0689. The largest absolute Gasteiger partial charge is 0.492 e. The number of aryl methyl sites for hydroxylation is 1. The molecule has 0 aliphatic carbocycles. The monoisotopic (exact) mass is 256 g/mol. The van der Waals surface area contributed by atoms with Crippen LogP contribution in [0.4, 0.5) is 0 Å². The number of carboxylic acids is 1. The van der Waals surface area contributed by atoms with Gasteiger partial charge in [0.15, 0.2) is 5.69 Å². The van der Waals surface area contributed by atoms with Gasteiger partial charge < -0.3 is 9.84 Å². The average Bonchev–Trinajstić information content (AvgIpc) is 2.81. The summed E-state index contributed by atoms with van der Waals surface area (Å²) in [5.41, 5.74) is 1.67. The molecule has 0 bridgehead atoms. The number of benzene rings is 1. The summed E-state index contributed by atoms with van der Waals surface area (Å²) in [5.74, 6) is 0.171. The zero-order valence-corrected chi connectivity index (χ0v) is 10.3. The van der Waals surface area contributed by atoms with Gasteiger partial charge in [-0.25, -0.2) is 14.8 Å². The first kappa shape index (κ1) is 11.6. The molecule has 5 nitrogen and oxygen atoms in total. The molecule has 0 saturated heterocycles. The topological polar surface area (TPSA) is 72.3 Å². The van der Waals surface area contributed by atoms with Gasteiger partial charge in [-0.05, 0) is 19.1 Å². The number of carboxylic acid groups (broad SMARTS) is 1. The van der Waals surface area contributed by atoms with E-state index in [1.54, 1.807) is 6.92 Å². The SMILES string of the molecule is Cc1cc(C(=O)O)nc(C2COc3ccccc32)n1. The molecule has 0 radical (unpaired) electrons. The van der Waals surface area contributed by atoms with E-state index in [0.717, 1.165) is 11.3 Å². The Labute approximate surface area is 109 Å². The van der Waals surface area contributed by atoms with Crippen LogP contribution in [0.5, 0.6) is 5.75 Å². The fraction of sp³-hybridized carbons (Fsp3) is 0.214. The van der Waals surface area contributed by atoms with Crippen molar-refractivity contribution in [3.05, 3.63) is 53.1 Å². The number of fused-ring (bicyclic) bond motifs is 1. The number of hydrogen-bond donors (Lipinski definition) is 1. The molecular formula is C14H12N2O3. The Morgan fingerprint density at radius 1 is 1.37 bits per heavy atom. The highest BCUT2D eigenvalue weighted by molar-refractivity contribution is 5.85. The van der Waals surface area contributed by atoms with Crippen LogP contribution in [-0.4, -0.2) is 27.7 Å². The molecule has 3 rings (SSSR count). The Hall–Kier alpha value is -2.43. The van der Waals surface area contributed by atoms with Crippen molar-refractivity contribution in [2.24, 2.45) is 0 Å². The maximum atomic E-state index is 11.0. The third-order valence-corrected chi connectivity index (χ3v) is 3.10. The molecule has 1 aliphatic rings. The van der Waals surface area contributed by atoms with Crippen molar-refractivity contribution < 1.29 is 14.6 Å². The predicted molar refractivity (Wildman–Crippen MR) is 67.5 cm³/mol. The number of aromatic nitrogens is 2. The molecule has 2 aromatic rings. The molecule has 1 aromatic heterocycles. The molecule has 0 fully saturated rings.